The molecule has 0 unspecified atom stereocenters. The lowest BCUT2D eigenvalue weighted by molar-refractivity contribution is -0.385. The highest BCUT2D eigenvalue weighted by Gasteiger charge is 2.24. The largest absolute Gasteiger partial charge is 0.465 e. The Balaban J connectivity index is 2.38. The first-order valence-electron chi connectivity index (χ1n) is 5.52. The van der Waals surface area contributed by atoms with E-state index in [0.717, 1.165) is 10.9 Å². The predicted octanol–water partition coefficient (Wildman–Crippen LogP) is 0.969. The molecule has 1 heterocycles. The molecule has 0 radical (unpaired) electrons. The van der Waals surface area contributed by atoms with Crippen molar-refractivity contribution in [2.45, 2.75) is 0 Å². The van der Waals surface area contributed by atoms with Crippen molar-refractivity contribution in [1.82, 2.24) is 9.78 Å². The number of nitrogens with two attached hydrogens (primary N) is 1. The Morgan fingerprint density at radius 3 is 2.38 bits per heavy atom. The number of nitrogens with zero attached hydrogens (tertiary/aromatic N) is 3. The SMILES string of the molecule is NC(=O)c1nn(-c2ccc(NC(=O)O)cc2)cc1[N+](=O)[O-]. The number of amides is 2. The number of primary amides is 1. The third-order valence-electron chi connectivity index (χ3n) is 2.51. The second kappa shape index (κ2) is 5.28. The van der Waals surface area contributed by atoms with E-state index in [0.29, 0.717) is 11.4 Å². The van der Waals surface area contributed by atoms with Crippen LogP contribution in [0.15, 0.2) is 30.5 Å². The molecule has 0 aliphatic rings. The van der Waals surface area contributed by atoms with E-state index in [2.05, 4.69) is 10.4 Å². The maximum atomic E-state index is 11.1. The highest BCUT2D eigenvalue weighted by Crippen LogP contribution is 2.20. The number of hydrogen-bond acceptors (Lipinski definition) is 5. The summed E-state index contributed by atoms with van der Waals surface area (Å²) in [7, 11) is 0. The van der Waals surface area contributed by atoms with Crippen LogP contribution in [0.2, 0.25) is 0 Å². The zero-order valence-electron chi connectivity index (χ0n) is 10.4. The average molecular weight is 291 g/mol. The van der Waals surface area contributed by atoms with Gasteiger partial charge < -0.3 is 10.8 Å². The number of hydrogen-bond donors (Lipinski definition) is 3. The summed E-state index contributed by atoms with van der Waals surface area (Å²) in [6, 6.07) is 5.85. The average Bonchev–Trinajstić information content (AvgIpc) is 2.84. The van der Waals surface area contributed by atoms with Gasteiger partial charge in [-0.25, -0.2) is 9.48 Å². The Morgan fingerprint density at radius 1 is 1.33 bits per heavy atom. The standard InChI is InChI=1S/C11H9N5O5/c12-10(17)9-8(16(20)21)5-15(14-9)7-3-1-6(2-4-7)13-11(18)19/h1-5,13H,(H2,12,17)(H,18,19). The van der Waals surface area contributed by atoms with Gasteiger partial charge in [-0.1, -0.05) is 0 Å². The molecule has 2 amide bonds. The Morgan fingerprint density at radius 2 is 1.95 bits per heavy atom. The molecular weight excluding hydrogens is 282 g/mol. The second-order valence-corrected chi connectivity index (χ2v) is 3.91. The van der Waals surface area contributed by atoms with Crippen LogP contribution in [0.1, 0.15) is 10.5 Å². The van der Waals surface area contributed by atoms with Gasteiger partial charge in [-0.05, 0) is 24.3 Å². The molecule has 0 atom stereocenters. The molecule has 108 valence electrons. The fraction of sp³-hybridized carbons (Fsp3) is 0. The fourth-order valence-corrected chi connectivity index (χ4v) is 1.63. The summed E-state index contributed by atoms with van der Waals surface area (Å²) in [4.78, 5) is 31.6. The minimum atomic E-state index is -1.21. The molecule has 1 aromatic carbocycles. The normalized spacial score (nSPS) is 10.1. The van der Waals surface area contributed by atoms with Gasteiger partial charge in [-0.3, -0.25) is 20.2 Å². The molecule has 2 rings (SSSR count). The summed E-state index contributed by atoms with van der Waals surface area (Å²) >= 11 is 0. The van der Waals surface area contributed by atoms with Gasteiger partial charge >= 0.3 is 11.8 Å². The van der Waals surface area contributed by atoms with E-state index in [1.165, 1.54) is 24.3 Å². The minimum Gasteiger partial charge on any atom is -0.465 e. The van der Waals surface area contributed by atoms with E-state index in [4.69, 9.17) is 10.8 Å². The van der Waals surface area contributed by atoms with E-state index in [1.54, 1.807) is 0 Å². The van der Waals surface area contributed by atoms with Crippen molar-refractivity contribution in [1.29, 1.82) is 0 Å². The van der Waals surface area contributed by atoms with Crippen molar-refractivity contribution in [3.63, 3.8) is 0 Å². The van der Waals surface area contributed by atoms with Gasteiger partial charge in [0.1, 0.15) is 6.20 Å². The van der Waals surface area contributed by atoms with Crippen LogP contribution in [0.25, 0.3) is 5.69 Å². The molecule has 0 aliphatic carbocycles. The molecule has 0 saturated carbocycles. The minimum absolute atomic E-state index is 0.322. The van der Waals surface area contributed by atoms with Crippen molar-refractivity contribution < 1.29 is 19.6 Å². The first kappa shape index (κ1) is 14.0. The highest BCUT2D eigenvalue weighted by atomic mass is 16.6. The Kier molecular flexibility index (Phi) is 3.52. The van der Waals surface area contributed by atoms with E-state index >= 15 is 0 Å². The molecule has 21 heavy (non-hydrogen) atoms. The first-order valence-corrected chi connectivity index (χ1v) is 5.52. The molecular formula is C11H9N5O5. The zero-order chi connectivity index (χ0) is 15.6. The van der Waals surface area contributed by atoms with Crippen LogP contribution in [0.4, 0.5) is 16.2 Å². The van der Waals surface area contributed by atoms with Crippen LogP contribution in [-0.4, -0.2) is 31.8 Å². The predicted molar refractivity (Wildman–Crippen MR) is 70.4 cm³/mol. The van der Waals surface area contributed by atoms with Crippen molar-refractivity contribution in [2.24, 2.45) is 5.73 Å². The van der Waals surface area contributed by atoms with Crippen LogP contribution in [0, 0.1) is 10.1 Å². The van der Waals surface area contributed by atoms with E-state index in [9.17, 15) is 19.7 Å². The number of carbonyl (C=O) groups is 2. The summed E-state index contributed by atoms with van der Waals surface area (Å²) in [5, 5.41) is 25.3. The molecule has 0 fully saturated rings. The summed E-state index contributed by atoms with van der Waals surface area (Å²) in [6.07, 6.45) is -0.159. The maximum Gasteiger partial charge on any atom is 0.409 e. The molecule has 10 nitrogen and oxygen atoms in total. The molecule has 1 aromatic heterocycles. The lowest BCUT2D eigenvalue weighted by atomic mass is 10.3. The van der Waals surface area contributed by atoms with Gasteiger partial charge in [-0.2, -0.15) is 5.10 Å². The number of anilines is 1. The Bertz CT molecular complexity index is 690. The smallest absolute Gasteiger partial charge is 0.409 e. The summed E-state index contributed by atoms with van der Waals surface area (Å²) in [6.45, 7) is 0. The Labute approximate surface area is 116 Å². The molecule has 10 heteroatoms. The van der Waals surface area contributed by atoms with E-state index in [-0.39, 0.29) is 0 Å². The van der Waals surface area contributed by atoms with Crippen molar-refractivity contribution in [3.05, 3.63) is 46.3 Å². The molecule has 0 spiro atoms. The number of carbonyl (C=O) groups excluding carboxylic acids is 1. The molecule has 2 aromatic rings. The summed E-state index contributed by atoms with van der Waals surface area (Å²) in [5.41, 5.74) is 4.80. The van der Waals surface area contributed by atoms with Crippen LogP contribution in [-0.2, 0) is 0 Å². The number of carboxylic acid groups (broad SMARTS) is 1. The van der Waals surface area contributed by atoms with Crippen molar-refractivity contribution in [2.75, 3.05) is 5.32 Å². The van der Waals surface area contributed by atoms with Crippen LogP contribution in [0.5, 0.6) is 0 Å². The third-order valence-corrected chi connectivity index (χ3v) is 2.51. The third kappa shape index (κ3) is 2.94. The molecule has 4 N–H and O–H groups in total. The van der Waals surface area contributed by atoms with E-state index < -0.39 is 28.3 Å². The van der Waals surface area contributed by atoms with Gasteiger partial charge in [0.15, 0.2) is 0 Å². The lowest BCUT2D eigenvalue weighted by Gasteiger charge is -2.03. The summed E-state index contributed by atoms with van der Waals surface area (Å²) < 4.78 is 1.11. The first-order chi connectivity index (χ1) is 9.88. The Hall–Kier alpha value is -3.43. The molecule has 0 aliphatic heterocycles. The number of rotatable bonds is 4. The van der Waals surface area contributed by atoms with E-state index in [1.807, 2.05) is 0 Å². The summed E-state index contributed by atoms with van der Waals surface area (Å²) in [5.74, 6) is -1.01. The van der Waals surface area contributed by atoms with Gasteiger partial charge in [0.25, 0.3) is 5.91 Å². The van der Waals surface area contributed by atoms with Gasteiger partial charge in [0, 0.05) is 5.69 Å². The number of aromatic nitrogens is 2. The lowest BCUT2D eigenvalue weighted by Crippen LogP contribution is -2.14. The number of benzene rings is 1. The van der Waals surface area contributed by atoms with Gasteiger partial charge in [-0.15, -0.1) is 0 Å². The van der Waals surface area contributed by atoms with Gasteiger partial charge in [0.05, 0.1) is 10.6 Å². The van der Waals surface area contributed by atoms with Crippen LogP contribution in [0.3, 0.4) is 0 Å². The second-order valence-electron chi connectivity index (χ2n) is 3.91. The van der Waals surface area contributed by atoms with Crippen molar-refractivity contribution >= 4 is 23.4 Å². The number of nitro groups is 1. The molecule has 0 bridgehead atoms. The van der Waals surface area contributed by atoms with Crippen LogP contribution >= 0.6 is 0 Å². The topological polar surface area (TPSA) is 153 Å². The van der Waals surface area contributed by atoms with Gasteiger partial charge in [0.2, 0.25) is 5.69 Å². The zero-order valence-corrected chi connectivity index (χ0v) is 10.4. The molecule has 0 saturated heterocycles. The quantitative estimate of drug-likeness (QED) is 0.563. The maximum absolute atomic E-state index is 11.1. The fourth-order valence-electron chi connectivity index (χ4n) is 1.63. The van der Waals surface area contributed by atoms with Crippen molar-refractivity contribution in [3.8, 4) is 5.69 Å². The van der Waals surface area contributed by atoms with Crippen LogP contribution < -0.4 is 11.1 Å². The number of nitrogens with one attached hydrogen (secondary N) is 1. The highest BCUT2D eigenvalue weighted by molar-refractivity contribution is 5.94. The monoisotopic (exact) mass is 291 g/mol.